The average molecular weight is 351 g/mol. The molecule has 3 heterocycles. The fourth-order valence-corrected chi connectivity index (χ4v) is 4.82. The minimum absolute atomic E-state index is 0.292. The summed E-state index contributed by atoms with van der Waals surface area (Å²) in [6, 6.07) is 0. The number of imidazole rings is 1. The lowest BCUT2D eigenvalue weighted by molar-refractivity contribution is 0.243. The second-order valence-corrected chi connectivity index (χ2v) is 8.40. The summed E-state index contributed by atoms with van der Waals surface area (Å²) < 4.78 is 31.1. The van der Waals surface area contributed by atoms with Gasteiger partial charge in [0.25, 0.3) is 0 Å². The summed E-state index contributed by atoms with van der Waals surface area (Å²) in [5.41, 5.74) is 1.12. The Morgan fingerprint density at radius 1 is 1.29 bits per heavy atom. The molecular formula is C16H25N5O2S. The lowest BCUT2D eigenvalue weighted by atomic mass is 9.99. The van der Waals surface area contributed by atoms with E-state index in [1.807, 2.05) is 27.0 Å². The third-order valence-electron chi connectivity index (χ3n) is 4.75. The summed E-state index contributed by atoms with van der Waals surface area (Å²) in [7, 11) is -3.46. The highest BCUT2D eigenvalue weighted by atomic mass is 32.2. The number of sulfonamides is 1. The normalized spacial score (nSPS) is 19.7. The van der Waals surface area contributed by atoms with Gasteiger partial charge in [0.15, 0.2) is 0 Å². The number of hydrogen-bond acceptors (Lipinski definition) is 4. The number of piperidine rings is 1. The molecule has 1 fully saturated rings. The van der Waals surface area contributed by atoms with Crippen LogP contribution in [0.5, 0.6) is 0 Å². The van der Waals surface area contributed by atoms with Gasteiger partial charge in [-0.3, -0.25) is 4.68 Å². The van der Waals surface area contributed by atoms with E-state index in [1.165, 1.54) is 6.20 Å². The van der Waals surface area contributed by atoms with Gasteiger partial charge in [0.05, 0.1) is 6.20 Å². The van der Waals surface area contributed by atoms with Crippen molar-refractivity contribution in [2.24, 2.45) is 5.92 Å². The second kappa shape index (κ2) is 6.68. The Bertz CT molecular complexity index is 789. The molecule has 132 valence electrons. The van der Waals surface area contributed by atoms with Gasteiger partial charge in [-0.15, -0.1) is 0 Å². The van der Waals surface area contributed by atoms with Crippen molar-refractivity contribution >= 4 is 10.0 Å². The summed E-state index contributed by atoms with van der Waals surface area (Å²) in [4.78, 5) is 4.62. The Balaban J connectivity index is 1.75. The van der Waals surface area contributed by atoms with Crippen LogP contribution in [0.1, 0.15) is 31.3 Å². The maximum atomic E-state index is 12.9. The molecule has 1 saturated heterocycles. The third-order valence-corrected chi connectivity index (χ3v) is 6.57. The zero-order valence-electron chi connectivity index (χ0n) is 14.5. The van der Waals surface area contributed by atoms with Gasteiger partial charge in [0, 0.05) is 44.3 Å². The molecule has 0 spiro atoms. The van der Waals surface area contributed by atoms with Gasteiger partial charge < -0.3 is 4.57 Å². The number of hydrogen-bond donors (Lipinski definition) is 0. The van der Waals surface area contributed by atoms with E-state index in [0.717, 1.165) is 30.9 Å². The zero-order valence-corrected chi connectivity index (χ0v) is 15.3. The molecule has 0 N–H and O–H groups in total. The van der Waals surface area contributed by atoms with Crippen LogP contribution in [0.25, 0.3) is 0 Å². The van der Waals surface area contributed by atoms with E-state index in [4.69, 9.17) is 0 Å². The van der Waals surface area contributed by atoms with E-state index >= 15 is 0 Å². The van der Waals surface area contributed by atoms with Crippen LogP contribution in [-0.4, -0.2) is 45.1 Å². The molecule has 0 radical (unpaired) electrons. The van der Waals surface area contributed by atoms with Crippen molar-refractivity contribution in [3.05, 3.63) is 30.1 Å². The van der Waals surface area contributed by atoms with E-state index in [9.17, 15) is 8.42 Å². The van der Waals surface area contributed by atoms with Gasteiger partial charge in [0.1, 0.15) is 10.7 Å². The van der Waals surface area contributed by atoms with Crippen molar-refractivity contribution in [1.29, 1.82) is 0 Å². The molecule has 7 nitrogen and oxygen atoms in total. The summed E-state index contributed by atoms with van der Waals surface area (Å²) in [6.07, 6.45) is 6.86. The standard InChI is InChI=1S/C16H25N5O2S/c1-4-19-12-16(9-18-19)24(22,23)20-7-5-6-15(10-20)11-21-13(2)8-17-14(21)3/h8-9,12,15H,4-7,10-11H2,1-3H3. The molecule has 3 rings (SSSR count). The third kappa shape index (κ3) is 3.25. The first kappa shape index (κ1) is 17.2. The summed E-state index contributed by atoms with van der Waals surface area (Å²) >= 11 is 0. The van der Waals surface area contributed by atoms with Crippen LogP contribution < -0.4 is 0 Å². The first-order valence-corrected chi connectivity index (χ1v) is 9.87. The van der Waals surface area contributed by atoms with Gasteiger partial charge in [-0.1, -0.05) is 0 Å². The predicted octanol–water partition coefficient (Wildman–Crippen LogP) is 1.82. The van der Waals surface area contributed by atoms with Crippen LogP contribution in [0, 0.1) is 19.8 Å². The Labute approximate surface area is 143 Å². The molecule has 8 heteroatoms. The largest absolute Gasteiger partial charge is 0.332 e. The Kier molecular flexibility index (Phi) is 4.78. The summed E-state index contributed by atoms with van der Waals surface area (Å²) in [5.74, 6) is 1.29. The average Bonchev–Trinajstić information content (AvgIpc) is 3.18. The van der Waals surface area contributed by atoms with Crippen LogP contribution in [0.15, 0.2) is 23.5 Å². The van der Waals surface area contributed by atoms with Gasteiger partial charge in [-0.05, 0) is 39.5 Å². The van der Waals surface area contributed by atoms with Crippen LogP contribution in [-0.2, 0) is 23.1 Å². The molecule has 0 bridgehead atoms. The zero-order chi connectivity index (χ0) is 17.3. The molecule has 24 heavy (non-hydrogen) atoms. The highest BCUT2D eigenvalue weighted by Gasteiger charge is 2.31. The van der Waals surface area contributed by atoms with Crippen molar-refractivity contribution in [1.82, 2.24) is 23.6 Å². The molecule has 0 aliphatic carbocycles. The van der Waals surface area contributed by atoms with Crippen LogP contribution in [0.2, 0.25) is 0 Å². The van der Waals surface area contributed by atoms with Crippen molar-refractivity contribution in [3.8, 4) is 0 Å². The molecule has 2 aromatic rings. The lowest BCUT2D eigenvalue weighted by Crippen LogP contribution is -2.41. The van der Waals surface area contributed by atoms with Crippen LogP contribution in [0.4, 0.5) is 0 Å². The first-order valence-electron chi connectivity index (χ1n) is 8.43. The fourth-order valence-electron chi connectivity index (χ4n) is 3.31. The van der Waals surface area contributed by atoms with Crippen LogP contribution >= 0.6 is 0 Å². The molecule has 0 amide bonds. The maximum Gasteiger partial charge on any atom is 0.246 e. The van der Waals surface area contributed by atoms with Gasteiger partial charge in [-0.25, -0.2) is 13.4 Å². The lowest BCUT2D eigenvalue weighted by Gasteiger charge is -2.32. The smallest absolute Gasteiger partial charge is 0.246 e. The van der Waals surface area contributed by atoms with E-state index in [0.29, 0.717) is 30.4 Å². The second-order valence-electron chi connectivity index (χ2n) is 6.46. The Morgan fingerprint density at radius 3 is 2.71 bits per heavy atom. The van der Waals surface area contributed by atoms with E-state index < -0.39 is 10.0 Å². The van der Waals surface area contributed by atoms with Crippen molar-refractivity contribution < 1.29 is 8.42 Å². The highest BCUT2D eigenvalue weighted by Crippen LogP contribution is 2.25. The number of aryl methyl sites for hydroxylation is 3. The molecule has 0 aromatic carbocycles. The topological polar surface area (TPSA) is 73.0 Å². The predicted molar refractivity (Wildman–Crippen MR) is 91.1 cm³/mol. The minimum Gasteiger partial charge on any atom is -0.332 e. The first-order chi connectivity index (χ1) is 11.4. The number of aromatic nitrogens is 4. The van der Waals surface area contributed by atoms with Gasteiger partial charge in [-0.2, -0.15) is 9.40 Å². The highest BCUT2D eigenvalue weighted by molar-refractivity contribution is 7.89. The minimum atomic E-state index is -3.46. The SMILES string of the molecule is CCn1cc(S(=O)(=O)N2CCCC(Cn3c(C)cnc3C)C2)cn1. The Morgan fingerprint density at radius 2 is 2.08 bits per heavy atom. The summed E-state index contributed by atoms with van der Waals surface area (Å²) in [5, 5.41) is 4.10. The maximum absolute atomic E-state index is 12.9. The van der Waals surface area contributed by atoms with Gasteiger partial charge >= 0.3 is 0 Å². The van der Waals surface area contributed by atoms with Crippen molar-refractivity contribution in [2.45, 2.75) is 51.6 Å². The number of rotatable bonds is 5. The van der Waals surface area contributed by atoms with Crippen LogP contribution in [0.3, 0.4) is 0 Å². The summed E-state index contributed by atoms with van der Waals surface area (Å²) in [6.45, 7) is 8.58. The van der Waals surface area contributed by atoms with E-state index in [2.05, 4.69) is 14.6 Å². The van der Waals surface area contributed by atoms with Gasteiger partial charge in [0.2, 0.25) is 10.0 Å². The monoisotopic (exact) mass is 351 g/mol. The molecule has 2 aromatic heterocycles. The molecule has 1 atom stereocenters. The Hall–Kier alpha value is -1.67. The quantitative estimate of drug-likeness (QED) is 0.824. The molecule has 1 aliphatic heterocycles. The molecule has 1 aliphatic rings. The van der Waals surface area contributed by atoms with E-state index in [-0.39, 0.29) is 0 Å². The number of nitrogens with zero attached hydrogens (tertiary/aromatic N) is 5. The molecule has 0 saturated carbocycles. The van der Waals surface area contributed by atoms with E-state index in [1.54, 1.807) is 15.2 Å². The molecule has 1 unspecified atom stereocenters. The van der Waals surface area contributed by atoms with Crippen molar-refractivity contribution in [2.75, 3.05) is 13.1 Å². The van der Waals surface area contributed by atoms with Crippen molar-refractivity contribution in [3.63, 3.8) is 0 Å². The fraction of sp³-hybridized carbons (Fsp3) is 0.625. The molecular weight excluding hydrogens is 326 g/mol.